The van der Waals surface area contributed by atoms with E-state index in [2.05, 4.69) is 17.2 Å². The molecular formula is C13H15NO2. The van der Waals surface area contributed by atoms with Gasteiger partial charge in [0.05, 0.1) is 5.56 Å². The number of aliphatic hydroxyl groups excluding tert-OH is 1. The normalized spacial score (nSPS) is 9.19. The number of hydrogen-bond donors (Lipinski definition) is 2. The van der Waals surface area contributed by atoms with E-state index in [1.54, 1.807) is 12.1 Å². The van der Waals surface area contributed by atoms with Crippen molar-refractivity contribution < 1.29 is 9.90 Å². The van der Waals surface area contributed by atoms with Gasteiger partial charge in [-0.05, 0) is 26.0 Å². The molecule has 2 N–H and O–H groups in total. The van der Waals surface area contributed by atoms with Gasteiger partial charge in [0.25, 0.3) is 5.91 Å². The Morgan fingerprint density at radius 2 is 2.25 bits per heavy atom. The predicted molar refractivity (Wildman–Crippen MR) is 63.2 cm³/mol. The van der Waals surface area contributed by atoms with E-state index in [0.717, 1.165) is 5.56 Å². The first-order valence-electron chi connectivity index (χ1n) is 5.17. The average molecular weight is 217 g/mol. The van der Waals surface area contributed by atoms with Gasteiger partial charge in [0.15, 0.2) is 0 Å². The van der Waals surface area contributed by atoms with Gasteiger partial charge in [-0.15, -0.1) is 0 Å². The molecule has 1 rings (SSSR count). The fraction of sp³-hybridized carbons (Fsp3) is 0.308. The van der Waals surface area contributed by atoms with E-state index in [9.17, 15) is 4.79 Å². The van der Waals surface area contributed by atoms with Crippen LogP contribution in [0, 0.1) is 18.8 Å². The zero-order chi connectivity index (χ0) is 12.0. The van der Waals surface area contributed by atoms with E-state index in [1.165, 1.54) is 0 Å². The molecule has 0 atom stereocenters. The molecule has 3 nitrogen and oxygen atoms in total. The molecule has 0 spiro atoms. The summed E-state index contributed by atoms with van der Waals surface area (Å²) in [6, 6.07) is 5.49. The van der Waals surface area contributed by atoms with Crippen molar-refractivity contribution in [3.05, 3.63) is 34.9 Å². The van der Waals surface area contributed by atoms with Crippen molar-refractivity contribution in [1.29, 1.82) is 0 Å². The maximum atomic E-state index is 11.7. The van der Waals surface area contributed by atoms with Crippen LogP contribution in [0.3, 0.4) is 0 Å². The lowest BCUT2D eigenvalue weighted by molar-refractivity contribution is 0.0955. The van der Waals surface area contributed by atoms with Gasteiger partial charge in [0.1, 0.15) is 6.61 Å². The van der Waals surface area contributed by atoms with Crippen LogP contribution in [0.25, 0.3) is 0 Å². The molecule has 0 radical (unpaired) electrons. The summed E-state index contributed by atoms with van der Waals surface area (Å²) in [6.45, 7) is 4.17. The van der Waals surface area contributed by atoms with Gasteiger partial charge in [-0.25, -0.2) is 0 Å². The van der Waals surface area contributed by atoms with Crippen LogP contribution in [0.4, 0.5) is 0 Å². The summed E-state index contributed by atoms with van der Waals surface area (Å²) in [6.07, 6.45) is 0. The molecule has 0 bridgehead atoms. The van der Waals surface area contributed by atoms with Crippen molar-refractivity contribution in [3.63, 3.8) is 0 Å². The zero-order valence-corrected chi connectivity index (χ0v) is 9.50. The summed E-state index contributed by atoms with van der Waals surface area (Å²) in [7, 11) is 0. The second kappa shape index (κ2) is 5.94. The number of carbonyl (C=O) groups is 1. The molecular weight excluding hydrogens is 202 g/mol. The van der Waals surface area contributed by atoms with Gasteiger partial charge in [-0.3, -0.25) is 4.79 Å². The lowest BCUT2D eigenvalue weighted by Gasteiger charge is -2.05. The third kappa shape index (κ3) is 3.11. The van der Waals surface area contributed by atoms with Crippen LogP contribution in [0.5, 0.6) is 0 Å². The maximum absolute atomic E-state index is 11.7. The third-order valence-electron chi connectivity index (χ3n) is 2.06. The number of benzene rings is 1. The molecule has 1 aromatic carbocycles. The first-order valence-corrected chi connectivity index (χ1v) is 5.17. The highest BCUT2D eigenvalue weighted by Crippen LogP contribution is 2.10. The molecule has 0 heterocycles. The molecule has 0 saturated carbocycles. The van der Waals surface area contributed by atoms with Crippen molar-refractivity contribution in [1.82, 2.24) is 5.32 Å². The minimum Gasteiger partial charge on any atom is -0.384 e. The summed E-state index contributed by atoms with van der Waals surface area (Å²) in [5.41, 5.74) is 2.21. The van der Waals surface area contributed by atoms with Crippen molar-refractivity contribution in [2.45, 2.75) is 13.8 Å². The van der Waals surface area contributed by atoms with Crippen LogP contribution in [0.15, 0.2) is 18.2 Å². The highest BCUT2D eigenvalue weighted by molar-refractivity contribution is 5.96. The fourth-order valence-corrected chi connectivity index (χ4v) is 1.35. The molecule has 0 saturated heterocycles. The number of rotatable bonds is 2. The summed E-state index contributed by atoms with van der Waals surface area (Å²) >= 11 is 0. The Hall–Kier alpha value is -1.79. The summed E-state index contributed by atoms with van der Waals surface area (Å²) in [4.78, 5) is 11.7. The summed E-state index contributed by atoms with van der Waals surface area (Å²) < 4.78 is 0. The topological polar surface area (TPSA) is 49.3 Å². The smallest absolute Gasteiger partial charge is 0.252 e. The fourth-order valence-electron chi connectivity index (χ4n) is 1.35. The third-order valence-corrected chi connectivity index (χ3v) is 2.06. The molecule has 16 heavy (non-hydrogen) atoms. The first kappa shape index (κ1) is 12.3. The minimum atomic E-state index is -0.206. The zero-order valence-electron chi connectivity index (χ0n) is 9.50. The van der Waals surface area contributed by atoms with Crippen molar-refractivity contribution >= 4 is 5.91 Å². The molecule has 0 aliphatic rings. The first-order chi connectivity index (χ1) is 7.69. The lowest BCUT2D eigenvalue weighted by atomic mass is 10.0. The predicted octanol–water partition coefficient (Wildman–Crippen LogP) is 1.09. The van der Waals surface area contributed by atoms with Crippen LogP contribution in [-0.2, 0) is 0 Å². The standard InChI is InChI=1S/C13H15NO2/c1-3-14-13(16)12-9-10(2)6-7-11(12)5-4-8-15/h6-7,9,15H,3,8H2,1-2H3,(H,14,16). The van der Waals surface area contributed by atoms with E-state index < -0.39 is 0 Å². The lowest BCUT2D eigenvalue weighted by Crippen LogP contribution is -2.23. The number of nitrogens with one attached hydrogen (secondary N) is 1. The van der Waals surface area contributed by atoms with E-state index in [1.807, 2.05) is 19.9 Å². The largest absolute Gasteiger partial charge is 0.384 e. The molecule has 0 aliphatic heterocycles. The highest BCUT2D eigenvalue weighted by Gasteiger charge is 2.08. The maximum Gasteiger partial charge on any atom is 0.252 e. The minimum absolute atomic E-state index is 0.131. The van der Waals surface area contributed by atoms with Crippen molar-refractivity contribution in [3.8, 4) is 11.8 Å². The quantitative estimate of drug-likeness (QED) is 0.728. The average Bonchev–Trinajstić information content (AvgIpc) is 2.27. The molecule has 0 fully saturated rings. The summed E-state index contributed by atoms with van der Waals surface area (Å²) in [5.74, 6) is 5.18. The van der Waals surface area contributed by atoms with E-state index >= 15 is 0 Å². The van der Waals surface area contributed by atoms with Gasteiger partial charge >= 0.3 is 0 Å². The van der Waals surface area contributed by atoms with Crippen LogP contribution in [0.2, 0.25) is 0 Å². The monoisotopic (exact) mass is 217 g/mol. The number of aliphatic hydroxyl groups is 1. The number of aryl methyl sites for hydroxylation is 1. The van der Waals surface area contributed by atoms with Crippen LogP contribution in [0.1, 0.15) is 28.4 Å². The number of carbonyl (C=O) groups excluding carboxylic acids is 1. The second-order valence-electron chi connectivity index (χ2n) is 3.37. The Morgan fingerprint density at radius 3 is 2.88 bits per heavy atom. The van der Waals surface area contributed by atoms with Gasteiger partial charge in [0, 0.05) is 12.1 Å². The van der Waals surface area contributed by atoms with E-state index in [4.69, 9.17) is 5.11 Å². The second-order valence-corrected chi connectivity index (χ2v) is 3.37. The summed E-state index contributed by atoms with van der Waals surface area (Å²) in [5, 5.41) is 11.4. The van der Waals surface area contributed by atoms with Gasteiger partial charge in [0.2, 0.25) is 0 Å². The number of amides is 1. The molecule has 84 valence electrons. The molecule has 1 amide bonds. The Kier molecular flexibility index (Phi) is 4.56. The molecule has 0 aliphatic carbocycles. The Balaban J connectivity index is 3.12. The van der Waals surface area contributed by atoms with E-state index in [0.29, 0.717) is 17.7 Å². The van der Waals surface area contributed by atoms with Gasteiger partial charge < -0.3 is 10.4 Å². The van der Waals surface area contributed by atoms with Gasteiger partial charge in [-0.2, -0.15) is 0 Å². The van der Waals surface area contributed by atoms with Crippen LogP contribution < -0.4 is 5.32 Å². The Bertz CT molecular complexity index is 441. The Morgan fingerprint density at radius 1 is 1.50 bits per heavy atom. The van der Waals surface area contributed by atoms with Crippen LogP contribution in [-0.4, -0.2) is 24.2 Å². The van der Waals surface area contributed by atoms with Crippen molar-refractivity contribution in [2.24, 2.45) is 0 Å². The molecule has 1 aromatic rings. The molecule has 0 unspecified atom stereocenters. The van der Waals surface area contributed by atoms with E-state index in [-0.39, 0.29) is 12.5 Å². The Labute approximate surface area is 95.5 Å². The van der Waals surface area contributed by atoms with Crippen molar-refractivity contribution in [2.75, 3.05) is 13.2 Å². The molecule has 3 heteroatoms. The SMILES string of the molecule is CCNC(=O)c1cc(C)ccc1C#CCO. The number of hydrogen-bond acceptors (Lipinski definition) is 2. The van der Waals surface area contributed by atoms with Crippen LogP contribution >= 0.6 is 0 Å². The highest BCUT2D eigenvalue weighted by atomic mass is 16.2. The van der Waals surface area contributed by atoms with Gasteiger partial charge in [-0.1, -0.05) is 23.5 Å². The molecule has 0 aromatic heterocycles.